The second-order valence-corrected chi connectivity index (χ2v) is 4.93. The van der Waals surface area contributed by atoms with Crippen LogP contribution in [0, 0.1) is 5.92 Å². The first-order valence-corrected chi connectivity index (χ1v) is 6.26. The van der Waals surface area contributed by atoms with Crippen LogP contribution >= 0.6 is 0 Å². The molecule has 0 radical (unpaired) electrons. The minimum absolute atomic E-state index is 0.144. The summed E-state index contributed by atoms with van der Waals surface area (Å²) in [5, 5.41) is 11.6. The van der Waals surface area contributed by atoms with Crippen LogP contribution in [0.3, 0.4) is 0 Å². The van der Waals surface area contributed by atoms with E-state index in [1.54, 1.807) is 25.9 Å². The molecule has 2 N–H and O–H groups in total. The number of carboxylic acid groups (broad SMARTS) is 1. The Bertz CT molecular complexity index is 302. The van der Waals surface area contributed by atoms with Crippen LogP contribution in [0.4, 0.5) is 4.79 Å². The van der Waals surface area contributed by atoms with Gasteiger partial charge >= 0.3 is 12.0 Å². The smallest absolute Gasteiger partial charge is 0.326 e. The summed E-state index contributed by atoms with van der Waals surface area (Å²) in [4.78, 5) is 24.8. The maximum atomic E-state index is 12.0. The molecule has 2 amide bonds. The fraction of sp³-hybridized carbons (Fsp3) is 0.833. The number of aliphatic carboxylic acids is 1. The highest BCUT2D eigenvalue weighted by Gasteiger charge is 2.34. The van der Waals surface area contributed by atoms with Gasteiger partial charge < -0.3 is 20.1 Å². The molecule has 0 aromatic carbocycles. The van der Waals surface area contributed by atoms with E-state index in [0.717, 1.165) is 12.8 Å². The summed E-state index contributed by atoms with van der Waals surface area (Å²) < 4.78 is 4.96. The first-order valence-electron chi connectivity index (χ1n) is 6.26. The molecule has 0 heterocycles. The molecule has 1 rings (SSSR count). The van der Waals surface area contributed by atoms with Gasteiger partial charge in [0, 0.05) is 19.7 Å². The van der Waals surface area contributed by atoms with Gasteiger partial charge in [-0.05, 0) is 18.8 Å². The highest BCUT2D eigenvalue weighted by Crippen LogP contribution is 2.26. The van der Waals surface area contributed by atoms with E-state index in [9.17, 15) is 9.59 Å². The number of methoxy groups -OCH3 is 1. The number of hydrogen-bond donors (Lipinski definition) is 2. The van der Waals surface area contributed by atoms with Crippen molar-refractivity contribution in [3.8, 4) is 0 Å². The van der Waals surface area contributed by atoms with Crippen LogP contribution in [0.1, 0.15) is 26.7 Å². The van der Waals surface area contributed by atoms with Gasteiger partial charge in [0.25, 0.3) is 0 Å². The largest absolute Gasteiger partial charge is 0.480 e. The van der Waals surface area contributed by atoms with E-state index in [2.05, 4.69) is 5.32 Å². The van der Waals surface area contributed by atoms with Crippen molar-refractivity contribution >= 4 is 12.0 Å². The molecule has 0 unspecified atom stereocenters. The number of carbonyl (C=O) groups is 2. The first-order chi connectivity index (χ1) is 8.47. The summed E-state index contributed by atoms with van der Waals surface area (Å²) in [6.07, 6.45) is 1.97. The van der Waals surface area contributed by atoms with Crippen molar-refractivity contribution in [1.29, 1.82) is 0 Å². The lowest BCUT2D eigenvalue weighted by Gasteiger charge is -2.26. The van der Waals surface area contributed by atoms with Crippen molar-refractivity contribution in [3.63, 3.8) is 0 Å². The average molecular weight is 258 g/mol. The molecule has 0 saturated heterocycles. The summed E-state index contributed by atoms with van der Waals surface area (Å²) in [5.74, 6) is -1.14. The molecule has 104 valence electrons. The molecule has 0 aliphatic heterocycles. The summed E-state index contributed by atoms with van der Waals surface area (Å²) >= 11 is 0. The number of carbonyl (C=O) groups excluding carboxylic acids is 1. The molecule has 18 heavy (non-hydrogen) atoms. The van der Waals surface area contributed by atoms with Gasteiger partial charge in [-0.3, -0.25) is 0 Å². The van der Waals surface area contributed by atoms with Gasteiger partial charge in [-0.1, -0.05) is 13.8 Å². The number of urea groups is 1. The van der Waals surface area contributed by atoms with Gasteiger partial charge in [-0.15, -0.1) is 0 Å². The molecule has 0 aromatic rings. The average Bonchev–Trinajstić information content (AvgIpc) is 3.09. The zero-order chi connectivity index (χ0) is 13.7. The number of ether oxygens (including phenoxy) is 1. The highest BCUT2D eigenvalue weighted by atomic mass is 16.5. The zero-order valence-corrected chi connectivity index (χ0v) is 11.2. The topological polar surface area (TPSA) is 78.9 Å². The number of rotatable bonds is 7. The first kappa shape index (κ1) is 14.8. The van der Waals surface area contributed by atoms with Gasteiger partial charge in [0.2, 0.25) is 0 Å². The second-order valence-electron chi connectivity index (χ2n) is 4.93. The number of nitrogens with one attached hydrogen (secondary N) is 1. The molecule has 6 nitrogen and oxygen atoms in total. The Kier molecular flexibility index (Phi) is 5.40. The maximum absolute atomic E-state index is 12.0. The molecule has 6 heteroatoms. The van der Waals surface area contributed by atoms with Gasteiger partial charge in [0.05, 0.1) is 6.61 Å². The molecule has 1 aliphatic carbocycles. The molecular formula is C12H22N2O4. The monoisotopic (exact) mass is 258 g/mol. The Morgan fingerprint density at radius 2 is 2.06 bits per heavy atom. The van der Waals surface area contributed by atoms with Crippen molar-refractivity contribution in [1.82, 2.24) is 10.2 Å². The van der Waals surface area contributed by atoms with Crippen molar-refractivity contribution in [2.75, 3.05) is 20.3 Å². The van der Waals surface area contributed by atoms with Crippen molar-refractivity contribution in [2.24, 2.45) is 5.92 Å². The van der Waals surface area contributed by atoms with Gasteiger partial charge in [0.15, 0.2) is 0 Å². The fourth-order valence-corrected chi connectivity index (χ4v) is 1.76. The lowest BCUT2D eigenvalue weighted by atomic mass is 10.1. The molecule has 1 atom stereocenters. The minimum atomic E-state index is -0.999. The SMILES string of the molecule is COCCN(C(=O)N[C@H](C(=O)O)C(C)C)C1CC1. The van der Waals surface area contributed by atoms with E-state index in [1.807, 2.05) is 0 Å². The number of carboxylic acids is 1. The lowest BCUT2D eigenvalue weighted by molar-refractivity contribution is -0.140. The van der Waals surface area contributed by atoms with Gasteiger partial charge in [0.1, 0.15) is 6.04 Å². The molecule has 0 bridgehead atoms. The molecule has 0 aromatic heterocycles. The van der Waals surface area contributed by atoms with E-state index in [-0.39, 0.29) is 18.0 Å². The maximum Gasteiger partial charge on any atom is 0.326 e. The predicted molar refractivity (Wildman–Crippen MR) is 66.4 cm³/mol. The Hall–Kier alpha value is -1.30. The second kappa shape index (κ2) is 6.58. The van der Waals surface area contributed by atoms with Crippen LogP contribution in [-0.2, 0) is 9.53 Å². The lowest BCUT2D eigenvalue weighted by Crippen LogP contribution is -2.51. The summed E-state index contributed by atoms with van der Waals surface area (Å²) in [6, 6.07) is -0.918. The van der Waals surface area contributed by atoms with Gasteiger partial charge in [-0.2, -0.15) is 0 Å². The Balaban J connectivity index is 2.56. The van der Waals surface area contributed by atoms with Crippen LogP contribution in [0.2, 0.25) is 0 Å². The zero-order valence-electron chi connectivity index (χ0n) is 11.2. The quantitative estimate of drug-likeness (QED) is 0.711. The third kappa shape index (κ3) is 4.18. The van der Waals surface area contributed by atoms with Crippen LogP contribution in [0.5, 0.6) is 0 Å². The third-order valence-electron chi connectivity index (χ3n) is 3.00. The number of nitrogens with zero attached hydrogens (tertiary/aromatic N) is 1. The molecule has 1 aliphatic rings. The normalized spacial score (nSPS) is 16.4. The van der Waals surface area contributed by atoms with Crippen LogP contribution in [0.25, 0.3) is 0 Å². The molecule has 1 fully saturated rings. The number of amides is 2. The van der Waals surface area contributed by atoms with Crippen molar-refractivity contribution in [3.05, 3.63) is 0 Å². The van der Waals surface area contributed by atoms with E-state index < -0.39 is 12.0 Å². The molecule has 1 saturated carbocycles. The van der Waals surface area contributed by atoms with Crippen LogP contribution in [-0.4, -0.2) is 54.4 Å². The highest BCUT2D eigenvalue weighted by molar-refractivity contribution is 5.83. The standard InChI is InChI=1S/C12H22N2O4/c1-8(2)10(11(15)16)13-12(17)14(6-7-18-3)9-4-5-9/h8-10H,4-7H2,1-3H3,(H,13,17)(H,15,16)/t10-/m0/s1. The van der Waals surface area contributed by atoms with Crippen LogP contribution < -0.4 is 5.32 Å². The fourth-order valence-electron chi connectivity index (χ4n) is 1.76. The van der Waals surface area contributed by atoms with Crippen LogP contribution in [0.15, 0.2) is 0 Å². The van der Waals surface area contributed by atoms with E-state index in [4.69, 9.17) is 9.84 Å². The van der Waals surface area contributed by atoms with E-state index >= 15 is 0 Å². The summed E-state index contributed by atoms with van der Waals surface area (Å²) in [5.41, 5.74) is 0. The van der Waals surface area contributed by atoms with Crippen molar-refractivity contribution in [2.45, 2.75) is 38.8 Å². The molecule has 0 spiro atoms. The summed E-state index contributed by atoms with van der Waals surface area (Å²) in [6.45, 7) is 4.51. The number of hydrogen-bond acceptors (Lipinski definition) is 3. The van der Waals surface area contributed by atoms with Gasteiger partial charge in [-0.25, -0.2) is 9.59 Å². The minimum Gasteiger partial charge on any atom is -0.480 e. The Morgan fingerprint density at radius 1 is 1.44 bits per heavy atom. The Labute approximate surface area is 107 Å². The van der Waals surface area contributed by atoms with E-state index in [0.29, 0.717) is 13.2 Å². The predicted octanol–water partition coefficient (Wildman–Crippen LogP) is 0.916. The Morgan fingerprint density at radius 3 is 2.44 bits per heavy atom. The van der Waals surface area contributed by atoms with Crippen molar-refractivity contribution < 1.29 is 19.4 Å². The third-order valence-corrected chi connectivity index (χ3v) is 3.00. The summed E-state index contributed by atoms with van der Waals surface area (Å²) in [7, 11) is 1.58. The van der Waals surface area contributed by atoms with E-state index in [1.165, 1.54) is 0 Å². The molecular weight excluding hydrogens is 236 g/mol.